The van der Waals surface area contributed by atoms with Gasteiger partial charge in [-0.25, -0.2) is 4.98 Å². The molecule has 5 heteroatoms. The topological polar surface area (TPSA) is 55.0 Å². The quantitative estimate of drug-likeness (QED) is 0.715. The van der Waals surface area contributed by atoms with E-state index in [4.69, 9.17) is 12.6 Å². The van der Waals surface area contributed by atoms with Crippen molar-refractivity contribution < 1.29 is 4.74 Å². The molecular weight excluding hydrogens is 203 g/mol. The van der Waals surface area contributed by atoms with Crippen molar-refractivity contribution in [2.24, 2.45) is 0 Å². The van der Waals surface area contributed by atoms with Crippen molar-refractivity contribution in [2.45, 2.75) is 13.8 Å². The van der Waals surface area contributed by atoms with Gasteiger partial charge in [-0.05, 0) is 11.7 Å². The molecule has 0 bridgehead atoms. The Morgan fingerprint density at radius 2 is 2.12 bits per heavy atom. The summed E-state index contributed by atoms with van der Waals surface area (Å²) in [5.74, 6) is 0.397. The van der Waals surface area contributed by atoms with Crippen LogP contribution < -0.4 is 15.6 Å². The Labute approximate surface area is 95.1 Å². The Bertz CT molecular complexity index is 537. The normalized spacial score (nSPS) is 9.44. The molecule has 0 aliphatic rings. The van der Waals surface area contributed by atoms with Crippen LogP contribution in [-0.4, -0.2) is 24.9 Å². The van der Waals surface area contributed by atoms with E-state index in [0.29, 0.717) is 16.8 Å². The van der Waals surface area contributed by atoms with Gasteiger partial charge in [0.25, 0.3) is 0 Å². The zero-order chi connectivity index (χ0) is 12.1. The molecule has 0 aromatic carbocycles. The summed E-state index contributed by atoms with van der Waals surface area (Å²) >= 11 is 0. The maximum absolute atomic E-state index is 11.6. The molecule has 0 amide bonds. The van der Waals surface area contributed by atoms with Crippen LogP contribution in [0.5, 0.6) is 5.88 Å². The largest absolute Gasteiger partial charge is 0.481 e. The first-order chi connectivity index (χ1) is 7.72. The summed E-state index contributed by atoms with van der Waals surface area (Å²) in [6.07, 6.45) is 2.99. The SMILES string of the molecule is CC.[B]c1c[nH]c2cnc(OC)cc2c1=O. The fraction of sp³-hybridized carbons (Fsp3) is 0.273. The van der Waals surface area contributed by atoms with Gasteiger partial charge in [-0.3, -0.25) is 4.79 Å². The highest BCUT2D eigenvalue weighted by Gasteiger charge is 2.03. The summed E-state index contributed by atoms with van der Waals surface area (Å²) in [4.78, 5) is 18.4. The molecule has 0 saturated heterocycles. The molecule has 0 saturated carbocycles. The van der Waals surface area contributed by atoms with Crippen LogP contribution in [0.3, 0.4) is 0 Å². The van der Waals surface area contributed by atoms with Gasteiger partial charge in [0, 0.05) is 6.07 Å². The highest BCUT2D eigenvalue weighted by molar-refractivity contribution is 6.32. The van der Waals surface area contributed by atoms with Crippen LogP contribution in [0.25, 0.3) is 10.9 Å². The molecule has 2 heterocycles. The van der Waals surface area contributed by atoms with E-state index in [-0.39, 0.29) is 10.9 Å². The van der Waals surface area contributed by atoms with E-state index < -0.39 is 0 Å². The van der Waals surface area contributed by atoms with E-state index in [1.807, 2.05) is 13.8 Å². The summed E-state index contributed by atoms with van der Waals surface area (Å²) < 4.78 is 4.91. The van der Waals surface area contributed by atoms with E-state index in [9.17, 15) is 4.79 Å². The Morgan fingerprint density at radius 1 is 1.44 bits per heavy atom. The highest BCUT2D eigenvalue weighted by atomic mass is 16.5. The van der Waals surface area contributed by atoms with Crippen LogP contribution in [0.1, 0.15) is 13.8 Å². The minimum Gasteiger partial charge on any atom is -0.481 e. The Balaban J connectivity index is 0.000000606. The number of aromatic nitrogens is 2. The predicted octanol–water partition coefficient (Wildman–Crippen LogP) is 0.752. The lowest BCUT2D eigenvalue weighted by Crippen LogP contribution is -2.25. The van der Waals surface area contributed by atoms with E-state index in [2.05, 4.69) is 9.97 Å². The van der Waals surface area contributed by atoms with Gasteiger partial charge < -0.3 is 9.72 Å². The van der Waals surface area contributed by atoms with Gasteiger partial charge >= 0.3 is 0 Å². The molecule has 2 aromatic rings. The lowest BCUT2D eigenvalue weighted by atomic mass is 9.97. The minimum atomic E-state index is -0.209. The molecule has 16 heavy (non-hydrogen) atoms. The summed E-state index contributed by atoms with van der Waals surface area (Å²) in [7, 11) is 6.97. The van der Waals surface area contributed by atoms with Crippen LogP contribution in [0.15, 0.2) is 23.3 Å². The molecule has 4 nitrogen and oxygen atoms in total. The van der Waals surface area contributed by atoms with Crippen molar-refractivity contribution in [3.05, 3.63) is 28.7 Å². The van der Waals surface area contributed by atoms with Crippen LogP contribution in [0.4, 0.5) is 0 Å². The van der Waals surface area contributed by atoms with Crippen LogP contribution in [-0.2, 0) is 0 Å². The van der Waals surface area contributed by atoms with E-state index >= 15 is 0 Å². The molecule has 2 aromatic heterocycles. The second-order valence-corrected chi connectivity index (χ2v) is 2.85. The number of nitrogens with one attached hydrogen (secondary N) is 1. The zero-order valence-corrected chi connectivity index (χ0v) is 9.57. The third-order valence-electron chi connectivity index (χ3n) is 1.98. The van der Waals surface area contributed by atoms with Crippen molar-refractivity contribution in [3.8, 4) is 5.88 Å². The van der Waals surface area contributed by atoms with Crippen molar-refractivity contribution in [2.75, 3.05) is 7.11 Å². The number of hydrogen-bond donors (Lipinski definition) is 1. The Hall–Kier alpha value is -1.78. The second-order valence-electron chi connectivity index (χ2n) is 2.85. The number of rotatable bonds is 1. The average Bonchev–Trinajstić information content (AvgIpc) is 2.36. The van der Waals surface area contributed by atoms with Crippen molar-refractivity contribution in [3.63, 3.8) is 0 Å². The highest BCUT2D eigenvalue weighted by Crippen LogP contribution is 2.11. The molecule has 2 radical (unpaired) electrons. The summed E-state index contributed by atoms with van der Waals surface area (Å²) in [6.45, 7) is 4.00. The summed E-state index contributed by atoms with van der Waals surface area (Å²) in [5.41, 5.74) is 0.621. The average molecular weight is 216 g/mol. The van der Waals surface area contributed by atoms with Gasteiger partial charge in [-0.15, -0.1) is 0 Å². The molecule has 0 atom stereocenters. The standard InChI is InChI=1S/C9H7BN2O2.C2H6/c1-14-8-2-5-7(4-12-8)11-3-6(10)9(5)13;1-2/h2-4H,1H3,(H,11,13);1-2H3. The third kappa shape index (κ3) is 2.24. The fourth-order valence-electron chi connectivity index (χ4n) is 1.23. The smallest absolute Gasteiger partial charge is 0.213 e. The van der Waals surface area contributed by atoms with Gasteiger partial charge in [0.05, 0.1) is 24.2 Å². The van der Waals surface area contributed by atoms with Crippen LogP contribution in [0.2, 0.25) is 0 Å². The minimum absolute atomic E-state index is 0.186. The molecule has 0 fully saturated rings. The fourth-order valence-corrected chi connectivity index (χ4v) is 1.23. The maximum atomic E-state index is 11.6. The van der Waals surface area contributed by atoms with Gasteiger partial charge in [-0.2, -0.15) is 0 Å². The molecule has 0 aliphatic heterocycles. The third-order valence-corrected chi connectivity index (χ3v) is 1.98. The van der Waals surface area contributed by atoms with Crippen LogP contribution in [0, 0.1) is 0 Å². The summed E-state index contributed by atoms with van der Waals surface area (Å²) in [6, 6.07) is 1.56. The van der Waals surface area contributed by atoms with E-state index in [1.54, 1.807) is 6.07 Å². The lowest BCUT2D eigenvalue weighted by Gasteiger charge is -2.01. The van der Waals surface area contributed by atoms with Crippen molar-refractivity contribution in [1.29, 1.82) is 0 Å². The first kappa shape index (κ1) is 12.3. The van der Waals surface area contributed by atoms with Gasteiger partial charge in [-0.1, -0.05) is 13.8 Å². The van der Waals surface area contributed by atoms with Gasteiger partial charge in [0.1, 0.15) is 7.85 Å². The first-order valence-electron chi connectivity index (χ1n) is 5.03. The van der Waals surface area contributed by atoms with E-state index in [0.717, 1.165) is 0 Å². The maximum Gasteiger partial charge on any atom is 0.213 e. The number of nitrogens with zero attached hydrogens (tertiary/aromatic N) is 1. The van der Waals surface area contributed by atoms with Gasteiger partial charge in [0.15, 0.2) is 5.43 Å². The number of methoxy groups -OCH3 is 1. The molecule has 82 valence electrons. The molecule has 2 rings (SSSR count). The molecule has 0 aliphatic carbocycles. The second kappa shape index (κ2) is 5.35. The monoisotopic (exact) mass is 216 g/mol. The predicted molar refractivity (Wildman–Crippen MR) is 65.7 cm³/mol. The number of pyridine rings is 2. The lowest BCUT2D eigenvalue weighted by molar-refractivity contribution is 0.398. The Morgan fingerprint density at radius 3 is 2.75 bits per heavy atom. The molecule has 1 N–H and O–H groups in total. The summed E-state index contributed by atoms with van der Waals surface area (Å²) in [5, 5.41) is 0.483. The zero-order valence-electron chi connectivity index (χ0n) is 9.57. The number of aromatic amines is 1. The van der Waals surface area contributed by atoms with Crippen molar-refractivity contribution >= 4 is 24.2 Å². The first-order valence-corrected chi connectivity index (χ1v) is 5.03. The number of H-pyrrole nitrogens is 1. The number of fused-ring (bicyclic) bond motifs is 1. The molecule has 0 spiro atoms. The molecule has 0 unspecified atom stereocenters. The van der Waals surface area contributed by atoms with Crippen LogP contribution >= 0.6 is 0 Å². The Kier molecular flexibility index (Phi) is 4.11. The van der Waals surface area contributed by atoms with E-state index in [1.165, 1.54) is 19.5 Å². The van der Waals surface area contributed by atoms with Crippen molar-refractivity contribution in [1.82, 2.24) is 9.97 Å². The van der Waals surface area contributed by atoms with Gasteiger partial charge in [0.2, 0.25) is 5.88 Å². The number of ether oxygens (including phenoxy) is 1. The number of hydrogen-bond acceptors (Lipinski definition) is 3. The molecular formula is C11H13BN2O2.